The van der Waals surface area contributed by atoms with Crippen LogP contribution in [0, 0.1) is 5.92 Å². The second-order valence-electron chi connectivity index (χ2n) is 6.03. The highest BCUT2D eigenvalue weighted by molar-refractivity contribution is 5.96. The fourth-order valence-electron chi connectivity index (χ4n) is 2.34. The van der Waals surface area contributed by atoms with Crippen LogP contribution in [0.3, 0.4) is 0 Å². The Hall–Kier alpha value is -2.04. The number of benzene rings is 1. The molecule has 0 radical (unpaired) electrons. The lowest BCUT2D eigenvalue weighted by Gasteiger charge is -2.16. The van der Waals surface area contributed by atoms with Crippen molar-refractivity contribution in [3.05, 3.63) is 29.8 Å². The second-order valence-corrected chi connectivity index (χ2v) is 6.03. The zero-order valence-corrected chi connectivity index (χ0v) is 14.7. The van der Waals surface area contributed by atoms with Crippen molar-refractivity contribution in [2.45, 2.75) is 39.5 Å². The number of carbonyl (C=O) groups is 2. The van der Waals surface area contributed by atoms with Crippen LogP contribution in [0.2, 0.25) is 0 Å². The number of nitrogens with zero attached hydrogens (tertiary/aromatic N) is 1. The lowest BCUT2D eigenvalue weighted by Crippen LogP contribution is -2.33. The minimum Gasteiger partial charge on any atom is -0.345 e. The predicted octanol–water partition coefficient (Wildman–Crippen LogP) is 3.73. The normalized spacial score (nSPS) is 11.7. The molecule has 0 saturated carbocycles. The smallest absolute Gasteiger partial charge is 0.319 e. The van der Waals surface area contributed by atoms with Gasteiger partial charge in [-0.3, -0.25) is 4.79 Å². The van der Waals surface area contributed by atoms with Crippen LogP contribution in [-0.4, -0.2) is 37.5 Å². The molecular weight excluding hydrogens is 290 g/mol. The monoisotopic (exact) mass is 319 g/mol. The van der Waals surface area contributed by atoms with Gasteiger partial charge < -0.3 is 15.5 Å². The SMILES string of the molecule is CCCC[C@H](CC)CNC(=O)Nc1cccc(C(=O)N(C)C)c1. The van der Waals surface area contributed by atoms with Crippen LogP contribution in [0.5, 0.6) is 0 Å². The van der Waals surface area contributed by atoms with Crippen molar-refractivity contribution in [3.8, 4) is 0 Å². The molecule has 0 aliphatic heterocycles. The zero-order valence-electron chi connectivity index (χ0n) is 14.7. The van der Waals surface area contributed by atoms with Crippen LogP contribution in [-0.2, 0) is 0 Å². The van der Waals surface area contributed by atoms with Crippen LogP contribution in [0.1, 0.15) is 49.9 Å². The molecule has 5 nitrogen and oxygen atoms in total. The third kappa shape index (κ3) is 6.72. The molecule has 0 unspecified atom stereocenters. The lowest BCUT2D eigenvalue weighted by molar-refractivity contribution is 0.0827. The molecule has 1 aromatic rings. The quantitative estimate of drug-likeness (QED) is 0.767. The number of amides is 3. The maximum atomic E-state index is 12.0. The van der Waals surface area contributed by atoms with Crippen LogP contribution >= 0.6 is 0 Å². The van der Waals surface area contributed by atoms with E-state index in [1.54, 1.807) is 38.4 Å². The molecule has 3 amide bonds. The van der Waals surface area contributed by atoms with E-state index in [1.165, 1.54) is 17.7 Å². The number of hydrogen-bond acceptors (Lipinski definition) is 2. The summed E-state index contributed by atoms with van der Waals surface area (Å²) in [6, 6.07) is 6.75. The molecule has 1 atom stereocenters. The predicted molar refractivity (Wildman–Crippen MR) is 94.8 cm³/mol. The minimum atomic E-state index is -0.227. The van der Waals surface area contributed by atoms with Crippen molar-refractivity contribution in [3.63, 3.8) is 0 Å². The summed E-state index contributed by atoms with van der Waals surface area (Å²) in [6.07, 6.45) is 4.57. The molecule has 0 aromatic heterocycles. The molecular formula is C18H29N3O2. The van der Waals surface area contributed by atoms with Crippen molar-refractivity contribution < 1.29 is 9.59 Å². The van der Waals surface area contributed by atoms with E-state index >= 15 is 0 Å². The molecule has 23 heavy (non-hydrogen) atoms. The van der Waals surface area contributed by atoms with E-state index in [0.717, 1.165) is 12.8 Å². The third-order valence-corrected chi connectivity index (χ3v) is 3.87. The summed E-state index contributed by atoms with van der Waals surface area (Å²) in [7, 11) is 3.41. The fraction of sp³-hybridized carbons (Fsp3) is 0.556. The van der Waals surface area contributed by atoms with Crippen molar-refractivity contribution >= 4 is 17.6 Å². The number of rotatable bonds is 8. The molecule has 0 aliphatic rings. The van der Waals surface area contributed by atoms with Crippen molar-refractivity contribution in [1.82, 2.24) is 10.2 Å². The van der Waals surface area contributed by atoms with Gasteiger partial charge in [-0.25, -0.2) is 4.79 Å². The first kappa shape index (κ1) is 19.0. The Morgan fingerprint density at radius 2 is 1.96 bits per heavy atom. The van der Waals surface area contributed by atoms with Gasteiger partial charge in [-0.15, -0.1) is 0 Å². The van der Waals surface area contributed by atoms with Gasteiger partial charge in [-0.1, -0.05) is 39.2 Å². The second kappa shape index (κ2) is 9.87. The van der Waals surface area contributed by atoms with E-state index in [1.807, 2.05) is 0 Å². The first-order valence-corrected chi connectivity index (χ1v) is 8.34. The first-order valence-electron chi connectivity index (χ1n) is 8.34. The summed E-state index contributed by atoms with van der Waals surface area (Å²) in [5.41, 5.74) is 1.18. The van der Waals surface area contributed by atoms with E-state index in [-0.39, 0.29) is 11.9 Å². The molecule has 0 spiro atoms. The Labute approximate surface area is 139 Å². The van der Waals surface area contributed by atoms with Gasteiger partial charge in [0.1, 0.15) is 0 Å². The van der Waals surface area contributed by atoms with E-state index in [4.69, 9.17) is 0 Å². The fourth-order valence-corrected chi connectivity index (χ4v) is 2.34. The maximum Gasteiger partial charge on any atom is 0.319 e. The number of urea groups is 1. The summed E-state index contributed by atoms with van der Waals surface area (Å²) in [5.74, 6) is 0.432. The largest absolute Gasteiger partial charge is 0.345 e. The van der Waals surface area contributed by atoms with Gasteiger partial charge in [0, 0.05) is 31.9 Å². The summed E-state index contributed by atoms with van der Waals surface area (Å²) in [4.78, 5) is 25.5. The average Bonchev–Trinajstić information content (AvgIpc) is 2.54. The first-order chi connectivity index (χ1) is 11.0. The van der Waals surface area contributed by atoms with Gasteiger partial charge in [0.25, 0.3) is 5.91 Å². The van der Waals surface area contributed by atoms with E-state index in [0.29, 0.717) is 23.7 Å². The molecule has 2 N–H and O–H groups in total. The summed E-state index contributed by atoms with van der Waals surface area (Å²) >= 11 is 0. The highest BCUT2D eigenvalue weighted by Crippen LogP contribution is 2.13. The molecule has 5 heteroatoms. The van der Waals surface area contributed by atoms with E-state index in [2.05, 4.69) is 24.5 Å². The van der Waals surface area contributed by atoms with Gasteiger partial charge in [0.15, 0.2) is 0 Å². The number of hydrogen-bond donors (Lipinski definition) is 2. The lowest BCUT2D eigenvalue weighted by atomic mass is 9.99. The van der Waals surface area contributed by atoms with Crippen molar-refractivity contribution in [1.29, 1.82) is 0 Å². The Morgan fingerprint density at radius 1 is 1.22 bits per heavy atom. The van der Waals surface area contributed by atoms with Crippen LogP contribution in [0.25, 0.3) is 0 Å². The van der Waals surface area contributed by atoms with Crippen LogP contribution in [0.15, 0.2) is 24.3 Å². The number of carbonyl (C=O) groups excluding carboxylic acids is 2. The van der Waals surface area contributed by atoms with E-state index in [9.17, 15) is 9.59 Å². The highest BCUT2D eigenvalue weighted by Gasteiger charge is 2.11. The number of anilines is 1. The Bertz CT molecular complexity index is 515. The Balaban J connectivity index is 2.54. The zero-order chi connectivity index (χ0) is 17.2. The van der Waals surface area contributed by atoms with Gasteiger partial charge in [-0.2, -0.15) is 0 Å². The Kier molecular flexibility index (Phi) is 8.16. The topological polar surface area (TPSA) is 61.4 Å². The maximum absolute atomic E-state index is 12.0. The van der Waals surface area contributed by atoms with Crippen LogP contribution < -0.4 is 10.6 Å². The molecule has 0 fully saturated rings. The van der Waals surface area contributed by atoms with E-state index < -0.39 is 0 Å². The number of unbranched alkanes of at least 4 members (excludes halogenated alkanes) is 1. The Morgan fingerprint density at radius 3 is 2.57 bits per heavy atom. The molecule has 0 bridgehead atoms. The minimum absolute atomic E-state index is 0.0836. The summed E-state index contributed by atoms with van der Waals surface area (Å²) < 4.78 is 0. The molecule has 1 aromatic carbocycles. The van der Waals surface area contributed by atoms with Crippen LogP contribution in [0.4, 0.5) is 10.5 Å². The summed E-state index contributed by atoms with van der Waals surface area (Å²) in [6.45, 7) is 5.00. The standard InChI is InChI=1S/C18H29N3O2/c1-5-7-9-14(6-2)13-19-18(23)20-16-11-8-10-15(12-16)17(22)21(3)4/h8,10-12,14H,5-7,9,13H2,1-4H3,(H2,19,20,23)/t14-/m0/s1. The third-order valence-electron chi connectivity index (χ3n) is 3.87. The van der Waals surface area contributed by atoms with Crippen molar-refractivity contribution in [2.24, 2.45) is 5.92 Å². The molecule has 0 saturated heterocycles. The highest BCUT2D eigenvalue weighted by atomic mass is 16.2. The average molecular weight is 319 g/mol. The molecule has 0 heterocycles. The van der Waals surface area contributed by atoms with Crippen molar-refractivity contribution in [2.75, 3.05) is 26.0 Å². The number of nitrogens with one attached hydrogen (secondary N) is 2. The molecule has 1 rings (SSSR count). The van der Waals surface area contributed by atoms with Gasteiger partial charge in [0.2, 0.25) is 0 Å². The van der Waals surface area contributed by atoms with Gasteiger partial charge >= 0.3 is 6.03 Å². The molecule has 128 valence electrons. The van der Waals surface area contributed by atoms with Gasteiger partial charge in [0.05, 0.1) is 0 Å². The van der Waals surface area contributed by atoms with Gasteiger partial charge in [-0.05, 0) is 30.5 Å². The summed E-state index contributed by atoms with van der Waals surface area (Å²) in [5, 5.41) is 5.71. The molecule has 0 aliphatic carbocycles.